The van der Waals surface area contributed by atoms with E-state index in [1.165, 1.54) is 18.2 Å². The smallest absolute Gasteiger partial charge is 0.266 e. The number of thioether (sulfide) groups is 1. The molecule has 0 aromatic heterocycles. The summed E-state index contributed by atoms with van der Waals surface area (Å²) in [6, 6.07) is 25.9. The van der Waals surface area contributed by atoms with Crippen molar-refractivity contribution >= 4 is 34.6 Å². The molecule has 3 aromatic carbocycles. The summed E-state index contributed by atoms with van der Waals surface area (Å²) in [5.74, 6) is 1.59. The van der Waals surface area contributed by atoms with Gasteiger partial charge in [-0.15, -0.1) is 0 Å². The van der Waals surface area contributed by atoms with Gasteiger partial charge >= 0.3 is 0 Å². The molecule has 0 saturated carbocycles. The molecule has 5 rings (SSSR count). The third-order valence-corrected chi connectivity index (χ3v) is 7.92. The largest absolute Gasteiger partial charge is 0.497 e. The first-order chi connectivity index (χ1) is 18.6. The van der Waals surface area contributed by atoms with E-state index < -0.39 is 0 Å². The molecule has 0 spiro atoms. The van der Waals surface area contributed by atoms with Crippen molar-refractivity contribution in [2.45, 2.75) is 32.4 Å². The molecule has 1 unspecified atom stereocenters. The van der Waals surface area contributed by atoms with Crippen molar-refractivity contribution in [3.8, 4) is 11.5 Å². The Morgan fingerprint density at radius 3 is 2.45 bits per heavy atom. The minimum Gasteiger partial charge on any atom is -0.497 e. The zero-order chi connectivity index (χ0) is 26.3. The van der Waals surface area contributed by atoms with Crippen LogP contribution in [0.4, 0.5) is 5.69 Å². The highest BCUT2D eigenvalue weighted by Gasteiger charge is 2.37. The van der Waals surface area contributed by atoms with Gasteiger partial charge < -0.3 is 9.47 Å². The van der Waals surface area contributed by atoms with Crippen LogP contribution in [0.25, 0.3) is 6.08 Å². The number of benzene rings is 3. The van der Waals surface area contributed by atoms with E-state index in [0.29, 0.717) is 24.1 Å². The van der Waals surface area contributed by atoms with Crippen LogP contribution in [0, 0.1) is 0 Å². The number of ether oxygens (including phenoxy) is 2. The number of carbonyl (C=O) groups is 1. The van der Waals surface area contributed by atoms with Crippen molar-refractivity contribution in [1.82, 2.24) is 9.80 Å². The third-order valence-electron chi connectivity index (χ3n) is 6.91. The van der Waals surface area contributed by atoms with Gasteiger partial charge in [0.1, 0.15) is 18.1 Å². The van der Waals surface area contributed by atoms with Crippen LogP contribution in [-0.4, -0.2) is 53.7 Å². The summed E-state index contributed by atoms with van der Waals surface area (Å²) in [5.41, 5.74) is 2.87. The van der Waals surface area contributed by atoms with Crippen LogP contribution in [0.3, 0.4) is 0 Å². The molecule has 2 saturated heterocycles. The molecule has 7 heteroatoms. The fraction of sp³-hybridized carbons (Fsp3) is 0.290. The molecule has 196 valence electrons. The second kappa shape index (κ2) is 12.3. The fourth-order valence-electron chi connectivity index (χ4n) is 4.80. The highest BCUT2D eigenvalue weighted by molar-refractivity contribution is 8.18. The number of methoxy groups -OCH3 is 1. The Morgan fingerprint density at radius 1 is 1.00 bits per heavy atom. The molecule has 2 aliphatic heterocycles. The highest BCUT2D eigenvalue weighted by Crippen LogP contribution is 2.36. The average molecular weight is 528 g/mol. The first-order valence-corrected chi connectivity index (χ1v) is 13.9. The lowest BCUT2D eigenvalue weighted by atomic mass is 10.2. The van der Waals surface area contributed by atoms with E-state index in [1.807, 2.05) is 89.8 Å². The van der Waals surface area contributed by atoms with E-state index in [4.69, 9.17) is 14.5 Å². The van der Waals surface area contributed by atoms with Gasteiger partial charge in [0.25, 0.3) is 5.91 Å². The van der Waals surface area contributed by atoms with Crippen LogP contribution in [-0.2, 0) is 11.4 Å². The summed E-state index contributed by atoms with van der Waals surface area (Å²) >= 11 is 1.44. The number of amides is 1. The van der Waals surface area contributed by atoms with E-state index in [9.17, 15) is 4.79 Å². The van der Waals surface area contributed by atoms with Crippen molar-refractivity contribution in [3.05, 3.63) is 94.9 Å². The lowest BCUT2D eigenvalue weighted by Gasteiger charge is -2.27. The van der Waals surface area contributed by atoms with Crippen LogP contribution in [0.15, 0.2) is 88.8 Å². The van der Waals surface area contributed by atoms with Crippen LogP contribution in [0.2, 0.25) is 0 Å². The van der Waals surface area contributed by atoms with Gasteiger partial charge in [0, 0.05) is 12.6 Å². The number of hydrogen-bond donors (Lipinski definition) is 0. The van der Waals surface area contributed by atoms with E-state index in [1.54, 1.807) is 7.11 Å². The van der Waals surface area contributed by atoms with Gasteiger partial charge in [0.2, 0.25) is 0 Å². The fourth-order valence-corrected chi connectivity index (χ4v) is 5.81. The van der Waals surface area contributed by atoms with Gasteiger partial charge in [0.05, 0.1) is 17.7 Å². The van der Waals surface area contributed by atoms with E-state index in [-0.39, 0.29) is 5.91 Å². The van der Waals surface area contributed by atoms with E-state index in [2.05, 4.69) is 11.8 Å². The Bertz CT molecular complexity index is 1290. The number of aliphatic imine (C=N–C) groups is 1. The maximum atomic E-state index is 13.6. The molecule has 3 aromatic rings. The lowest BCUT2D eigenvalue weighted by Crippen LogP contribution is -2.42. The van der Waals surface area contributed by atoms with Crippen molar-refractivity contribution in [2.24, 2.45) is 4.99 Å². The average Bonchev–Trinajstić information content (AvgIpc) is 3.53. The number of amidine groups is 1. The Balaban J connectivity index is 1.34. The van der Waals surface area contributed by atoms with Gasteiger partial charge in [-0.05, 0) is 91.3 Å². The molecule has 2 aliphatic rings. The second-order valence-corrected chi connectivity index (χ2v) is 10.4. The monoisotopic (exact) mass is 527 g/mol. The number of hydrogen-bond acceptors (Lipinski definition) is 6. The summed E-state index contributed by atoms with van der Waals surface area (Å²) in [6.07, 6.45) is 4.21. The predicted molar refractivity (Wildman–Crippen MR) is 155 cm³/mol. The molecule has 0 radical (unpaired) electrons. The molecule has 1 amide bonds. The van der Waals surface area contributed by atoms with Crippen molar-refractivity contribution in [3.63, 3.8) is 0 Å². The normalized spacial score (nSPS) is 20.0. The molecule has 0 bridgehead atoms. The molecule has 1 atom stereocenters. The summed E-state index contributed by atoms with van der Waals surface area (Å²) < 4.78 is 11.2. The van der Waals surface area contributed by atoms with Crippen LogP contribution in [0.5, 0.6) is 11.5 Å². The highest BCUT2D eigenvalue weighted by atomic mass is 32.2. The Labute approximate surface area is 229 Å². The maximum absolute atomic E-state index is 13.6. The molecule has 38 heavy (non-hydrogen) atoms. The zero-order valence-corrected chi connectivity index (χ0v) is 22.7. The Kier molecular flexibility index (Phi) is 8.46. The molecule has 2 heterocycles. The second-order valence-electron chi connectivity index (χ2n) is 9.39. The molecular formula is C31H33N3O3S. The Hall–Kier alpha value is -3.55. The van der Waals surface area contributed by atoms with Gasteiger partial charge in [-0.25, -0.2) is 4.99 Å². The first-order valence-electron chi connectivity index (χ1n) is 13.1. The number of nitrogens with zero attached hydrogens (tertiary/aromatic N) is 3. The summed E-state index contributed by atoms with van der Waals surface area (Å²) in [6.45, 7) is 5.43. The summed E-state index contributed by atoms with van der Waals surface area (Å²) in [7, 11) is 1.65. The quantitative estimate of drug-likeness (QED) is 0.303. The lowest BCUT2D eigenvalue weighted by molar-refractivity contribution is -0.122. The van der Waals surface area contributed by atoms with Gasteiger partial charge in [0.15, 0.2) is 5.17 Å². The third kappa shape index (κ3) is 6.29. The van der Waals surface area contributed by atoms with Crippen LogP contribution >= 0.6 is 11.8 Å². The maximum Gasteiger partial charge on any atom is 0.266 e. The van der Waals surface area contributed by atoms with Crippen LogP contribution in [0.1, 0.15) is 30.9 Å². The van der Waals surface area contributed by atoms with E-state index in [0.717, 1.165) is 53.0 Å². The molecule has 0 N–H and O–H groups in total. The minimum absolute atomic E-state index is 0.00891. The minimum atomic E-state index is 0.00891. The summed E-state index contributed by atoms with van der Waals surface area (Å²) in [4.78, 5) is 23.5. The molecule has 2 fully saturated rings. The predicted octanol–water partition coefficient (Wildman–Crippen LogP) is 6.36. The molecule has 0 aliphatic carbocycles. The van der Waals surface area contributed by atoms with Crippen molar-refractivity contribution in [1.29, 1.82) is 0 Å². The van der Waals surface area contributed by atoms with E-state index >= 15 is 0 Å². The SMILES string of the molecule is CCN1CCCC1CN1C(=O)/C(=C\c2ccc(OCc3ccccc3)cc2)SC1=Nc1ccc(OC)cc1. The van der Waals surface area contributed by atoms with Gasteiger partial charge in [-0.2, -0.15) is 0 Å². The summed E-state index contributed by atoms with van der Waals surface area (Å²) in [5, 5.41) is 0.720. The zero-order valence-electron chi connectivity index (χ0n) is 21.9. The standard InChI is InChI=1S/C31H33N3O3S/c1-3-33-19-7-10-26(33)21-34-30(35)29(38-31(34)32-25-13-17-27(36-2)18-14-25)20-23-11-15-28(16-12-23)37-22-24-8-5-4-6-9-24/h4-6,8-9,11-18,20,26H,3,7,10,19,21-22H2,1-2H3/b29-20+,32-31?. The number of rotatable bonds is 9. The first kappa shape index (κ1) is 26.1. The van der Waals surface area contributed by atoms with Crippen LogP contribution < -0.4 is 9.47 Å². The van der Waals surface area contributed by atoms with Gasteiger partial charge in [-0.3, -0.25) is 14.6 Å². The number of carbonyl (C=O) groups excluding carboxylic acids is 1. The van der Waals surface area contributed by atoms with Crippen molar-refractivity contribution < 1.29 is 14.3 Å². The number of likely N-dealkylation sites (N-methyl/N-ethyl adjacent to an activating group) is 1. The Morgan fingerprint density at radius 2 is 1.74 bits per heavy atom. The van der Waals surface area contributed by atoms with Crippen molar-refractivity contribution in [2.75, 3.05) is 26.7 Å². The van der Waals surface area contributed by atoms with Gasteiger partial charge in [-0.1, -0.05) is 49.4 Å². The number of likely N-dealkylation sites (tertiary alicyclic amines) is 1. The molecular weight excluding hydrogens is 494 g/mol. The topological polar surface area (TPSA) is 54.4 Å². The molecule has 6 nitrogen and oxygen atoms in total.